The van der Waals surface area contributed by atoms with E-state index in [-0.39, 0.29) is 59.6 Å². The number of sulfonamides is 2. The van der Waals surface area contributed by atoms with Crippen LogP contribution in [0.3, 0.4) is 0 Å². The number of ether oxygens (including phenoxy) is 3. The SMILES string of the molecule is CC(C)Cc1cccc(CC(C)C)c1N=c1ccc2c(-c3ccccc3S(=O)(=O)NS(=O)(=O)c3c(F)c(F)c(SCC(COC(=O)NCCOC(=O)CCS)OCCC(=O)O)c(F)c3F)c3ccc(Nc4c(CC(C)C)cccc4CC(C)C)cc3oc-2c1. The van der Waals surface area contributed by atoms with Gasteiger partial charge < -0.3 is 34.4 Å². The van der Waals surface area contributed by atoms with Gasteiger partial charge in [-0.3, -0.25) is 9.59 Å². The summed E-state index contributed by atoms with van der Waals surface area (Å²) in [7, 11) is -11.6. The van der Waals surface area contributed by atoms with E-state index < -0.39 is 108 Å². The topological polar surface area (TPSA) is 229 Å². The Labute approximate surface area is 526 Å². The summed E-state index contributed by atoms with van der Waals surface area (Å²) in [6.45, 7) is 15.5. The molecule has 1 atom stereocenters. The molecule has 1 amide bonds. The molecular formula is C65H74F4N4O12S4. The molecule has 7 rings (SSSR count). The Hall–Kier alpha value is -6.96. The number of nitrogens with one attached hydrogen (secondary N) is 3. The van der Waals surface area contributed by atoms with Crippen LogP contribution < -0.4 is 20.1 Å². The first-order chi connectivity index (χ1) is 42.2. The van der Waals surface area contributed by atoms with Crippen LogP contribution in [0, 0.1) is 46.9 Å². The number of carbonyl (C=O) groups excluding carboxylic acids is 2. The number of carboxylic acid groups (broad SMARTS) is 1. The van der Waals surface area contributed by atoms with Crippen LogP contribution in [0.5, 0.6) is 0 Å². The molecule has 4 N–H and O–H groups in total. The molecule has 0 fully saturated rings. The van der Waals surface area contributed by atoms with Crippen molar-refractivity contribution in [3.63, 3.8) is 0 Å². The van der Waals surface area contributed by atoms with Crippen LogP contribution in [-0.2, 0) is 69.5 Å². The van der Waals surface area contributed by atoms with Gasteiger partial charge in [0.2, 0.25) is 0 Å². The molecule has 16 nitrogen and oxygen atoms in total. The van der Waals surface area contributed by atoms with Crippen LogP contribution >= 0.6 is 24.4 Å². The van der Waals surface area contributed by atoms with Gasteiger partial charge in [0.25, 0.3) is 20.0 Å². The van der Waals surface area contributed by atoms with Crippen molar-refractivity contribution in [1.82, 2.24) is 9.44 Å². The standard InChI is InChI=1S/C65H74F4N4O12S4/c1-37(2)29-41-13-11-14-42(30-38(3)4)61(41)71-45-19-21-48-51(33-45)85-52-34-46(72-62-43(31-39(5)6)15-12-16-44(62)32-40(7)8)20-22-49(52)56(48)50-17-9-10-18-53(50)88(78,79)73-89(80,81)64-59(68)57(66)63(58(67)60(64)69)87-36-47(82-26-23-54(74)75)35-84-65(77)70-25-27-83-55(76)24-28-86/h9-22,33-34,37-40,47,71,73,86H,23-32,35-36H2,1-8H3,(H,70,77)(H,74,75). The molecule has 0 radical (unpaired) electrons. The molecule has 1 unspecified atom stereocenters. The van der Waals surface area contributed by atoms with E-state index in [1.807, 2.05) is 12.1 Å². The van der Waals surface area contributed by atoms with Gasteiger partial charge >= 0.3 is 18.0 Å². The highest BCUT2D eigenvalue weighted by Crippen LogP contribution is 2.44. The number of esters is 1. The van der Waals surface area contributed by atoms with Gasteiger partial charge in [0.15, 0.2) is 28.2 Å². The van der Waals surface area contributed by atoms with Gasteiger partial charge in [-0.1, -0.05) is 110 Å². The Kier molecular flexibility index (Phi) is 24.4. The smallest absolute Gasteiger partial charge is 0.407 e. The molecule has 478 valence electrons. The average Bonchev–Trinajstić information content (AvgIpc) is 0.812. The maximum Gasteiger partial charge on any atom is 0.407 e. The molecule has 5 aromatic rings. The number of anilines is 2. The first kappa shape index (κ1) is 69.5. The third kappa shape index (κ3) is 18.4. The van der Waals surface area contributed by atoms with Crippen molar-refractivity contribution >= 4 is 90.5 Å². The fourth-order valence-electron chi connectivity index (χ4n) is 10.0. The third-order valence-electron chi connectivity index (χ3n) is 13.7. The maximum atomic E-state index is 16.2. The number of benzene rings is 6. The number of carbonyl (C=O) groups is 3. The van der Waals surface area contributed by atoms with Crippen LogP contribution in [0.15, 0.2) is 121 Å². The zero-order valence-electron chi connectivity index (χ0n) is 50.7. The minimum Gasteiger partial charge on any atom is -0.481 e. The van der Waals surface area contributed by atoms with Gasteiger partial charge in [-0.05, 0) is 102 Å². The van der Waals surface area contributed by atoms with Gasteiger partial charge in [-0.15, -0.1) is 15.9 Å². The van der Waals surface area contributed by atoms with Crippen molar-refractivity contribution in [3.8, 4) is 22.5 Å². The van der Waals surface area contributed by atoms with E-state index in [1.54, 1.807) is 36.4 Å². The number of halogens is 4. The summed E-state index contributed by atoms with van der Waals surface area (Å²) in [5.74, 6) is -10.2. The van der Waals surface area contributed by atoms with Crippen molar-refractivity contribution < 1.29 is 72.5 Å². The first-order valence-electron chi connectivity index (χ1n) is 29.1. The molecule has 0 aromatic heterocycles. The Balaban J connectivity index is 1.29. The van der Waals surface area contributed by atoms with Crippen LogP contribution in [0.1, 0.15) is 90.5 Å². The van der Waals surface area contributed by atoms with Crippen molar-refractivity contribution in [2.24, 2.45) is 28.7 Å². The first-order valence-corrected chi connectivity index (χ1v) is 33.7. The number of thioether (sulfide) groups is 1. The fourth-order valence-corrected chi connectivity index (χ4v) is 14.4. The van der Waals surface area contributed by atoms with Gasteiger partial charge in [0.05, 0.1) is 46.8 Å². The Morgan fingerprint density at radius 1 is 0.674 bits per heavy atom. The molecule has 24 heteroatoms. The largest absolute Gasteiger partial charge is 0.481 e. The summed E-state index contributed by atoms with van der Waals surface area (Å²) in [5, 5.41) is 16.0. The number of hydrogen-bond acceptors (Lipinski definition) is 15. The second kappa shape index (κ2) is 31.2. The number of alkyl carbamates (subject to hydrolysis) is 1. The number of nitrogens with zero attached hydrogens (tertiary/aromatic N) is 1. The van der Waals surface area contributed by atoms with Crippen LogP contribution in [0.2, 0.25) is 0 Å². The van der Waals surface area contributed by atoms with E-state index in [4.69, 9.17) is 28.7 Å². The molecule has 0 bridgehead atoms. The van der Waals surface area contributed by atoms with Gasteiger partial charge in [0.1, 0.15) is 30.7 Å². The number of amides is 1. The molecule has 0 saturated heterocycles. The number of carboxylic acids is 1. The number of hydrogen-bond donors (Lipinski definition) is 5. The van der Waals surface area contributed by atoms with E-state index in [0.717, 1.165) is 65.4 Å². The van der Waals surface area contributed by atoms with Gasteiger partial charge in [-0.2, -0.15) is 12.6 Å². The summed E-state index contributed by atoms with van der Waals surface area (Å²) in [6, 6.07) is 28.1. The second-order valence-corrected chi connectivity index (χ2v) is 28.0. The predicted molar refractivity (Wildman–Crippen MR) is 339 cm³/mol. The highest BCUT2D eigenvalue weighted by molar-refractivity contribution is 8.04. The monoisotopic (exact) mass is 1310 g/mol. The molecule has 89 heavy (non-hydrogen) atoms. The van der Waals surface area contributed by atoms with Gasteiger partial charge in [-0.25, -0.2) is 44.2 Å². The Morgan fingerprint density at radius 3 is 1.87 bits per heavy atom. The van der Waals surface area contributed by atoms with Crippen molar-refractivity contribution in [2.45, 2.75) is 115 Å². The lowest BCUT2D eigenvalue weighted by Gasteiger charge is -2.21. The van der Waals surface area contributed by atoms with E-state index in [1.165, 1.54) is 22.3 Å². The zero-order chi connectivity index (χ0) is 64.9. The molecule has 1 heterocycles. The third-order valence-corrected chi connectivity index (χ3v) is 18.7. The van der Waals surface area contributed by atoms with Crippen LogP contribution in [0.25, 0.3) is 33.4 Å². The molecule has 1 aliphatic heterocycles. The summed E-state index contributed by atoms with van der Waals surface area (Å²) >= 11 is 3.99. The lowest BCUT2D eigenvalue weighted by Crippen LogP contribution is -2.33. The maximum absolute atomic E-state index is 16.2. The van der Waals surface area contributed by atoms with E-state index >= 15 is 17.6 Å². The summed E-state index contributed by atoms with van der Waals surface area (Å²) in [5.41, 5.74) is 7.50. The van der Waals surface area contributed by atoms with E-state index in [2.05, 4.69) is 103 Å². The fraction of sp³-hybridized carbons (Fsp3) is 0.385. The quantitative estimate of drug-likeness (QED) is 0.00537. The minimum absolute atomic E-state index is 0.0223. The molecule has 1 aliphatic carbocycles. The van der Waals surface area contributed by atoms with Crippen molar-refractivity contribution in [3.05, 3.63) is 148 Å². The van der Waals surface area contributed by atoms with Crippen molar-refractivity contribution in [2.75, 3.05) is 43.2 Å². The predicted octanol–water partition coefficient (Wildman–Crippen LogP) is 13.7. The number of thiol groups is 1. The highest BCUT2D eigenvalue weighted by Gasteiger charge is 2.38. The number of para-hydroxylation sites is 2. The van der Waals surface area contributed by atoms with Crippen molar-refractivity contribution in [1.29, 1.82) is 0 Å². The summed E-state index contributed by atoms with van der Waals surface area (Å²) in [4.78, 5) is 36.0. The molecule has 0 saturated carbocycles. The van der Waals surface area contributed by atoms with Crippen LogP contribution in [0.4, 0.5) is 39.4 Å². The Bertz CT molecular complexity index is 3890. The second-order valence-electron chi connectivity index (χ2n) is 23.0. The van der Waals surface area contributed by atoms with Crippen LogP contribution in [-0.4, -0.2) is 83.9 Å². The summed E-state index contributed by atoms with van der Waals surface area (Å²) in [6.07, 6.45) is 0.0835. The molecule has 2 aliphatic rings. The molecule has 5 aromatic carbocycles. The zero-order valence-corrected chi connectivity index (χ0v) is 54.0. The molecular weight excluding hydrogens is 1230 g/mol. The number of rotatable bonds is 30. The van der Waals surface area contributed by atoms with Gasteiger partial charge in [0, 0.05) is 57.1 Å². The highest BCUT2D eigenvalue weighted by atomic mass is 32.3. The number of fused-ring (bicyclic) bond motifs is 2. The lowest BCUT2D eigenvalue weighted by atomic mass is 9.93. The average molecular weight is 1310 g/mol. The molecule has 0 spiro atoms. The van der Waals surface area contributed by atoms with E-state index in [9.17, 15) is 31.2 Å². The summed E-state index contributed by atoms with van der Waals surface area (Å²) < 4.78 is 146. The Morgan fingerprint density at radius 2 is 1.27 bits per heavy atom. The lowest BCUT2D eigenvalue weighted by molar-refractivity contribution is -0.143. The number of aliphatic carboxylic acids is 1. The normalized spacial score (nSPS) is 12.7. The van der Waals surface area contributed by atoms with E-state index in [0.29, 0.717) is 45.7 Å². The minimum atomic E-state index is -6.07.